The highest BCUT2D eigenvalue weighted by atomic mass is 16.4. The van der Waals surface area contributed by atoms with Crippen LogP contribution in [0.15, 0.2) is 0 Å². The lowest BCUT2D eigenvalue weighted by molar-refractivity contribution is 0.0687. The van der Waals surface area contributed by atoms with Gasteiger partial charge in [0.05, 0.1) is 11.7 Å². The average Bonchev–Trinajstić information content (AvgIpc) is 2.60. The summed E-state index contributed by atoms with van der Waals surface area (Å²) in [5.74, 6) is -0.758. The number of hydrogen-bond donors (Lipinski definition) is 2. The minimum absolute atomic E-state index is 0.0174. The molecule has 1 atom stereocenters. The Kier molecular flexibility index (Phi) is 3.42. The lowest BCUT2D eigenvalue weighted by atomic mass is 9.82. The van der Waals surface area contributed by atoms with Gasteiger partial charge in [-0.1, -0.05) is 11.6 Å². The molecule has 1 heterocycles. The largest absolute Gasteiger partial charge is 0.476 e. The molecule has 2 N–H and O–H groups in total. The van der Waals surface area contributed by atoms with Crippen molar-refractivity contribution in [3.8, 4) is 0 Å². The lowest BCUT2D eigenvalue weighted by Crippen LogP contribution is -2.20. The van der Waals surface area contributed by atoms with Crippen molar-refractivity contribution in [3.63, 3.8) is 0 Å². The second kappa shape index (κ2) is 4.83. The first kappa shape index (κ1) is 12.0. The molecule has 0 aromatic carbocycles. The van der Waals surface area contributed by atoms with E-state index in [1.54, 1.807) is 4.68 Å². The summed E-state index contributed by atoms with van der Waals surface area (Å²) in [6.07, 6.45) is 3.68. The molecule has 1 aromatic rings. The van der Waals surface area contributed by atoms with Gasteiger partial charge in [-0.2, -0.15) is 0 Å². The second-order valence-electron chi connectivity index (χ2n) is 4.56. The normalized spacial score (nSPS) is 17.8. The number of aliphatic hydroxyl groups is 1. The van der Waals surface area contributed by atoms with E-state index in [0.29, 0.717) is 6.42 Å². The Hall–Kier alpha value is -1.43. The van der Waals surface area contributed by atoms with Crippen LogP contribution in [-0.4, -0.2) is 37.8 Å². The van der Waals surface area contributed by atoms with Crippen LogP contribution in [-0.2, 0) is 0 Å². The molecule has 0 bridgehead atoms. The molecule has 1 saturated carbocycles. The van der Waals surface area contributed by atoms with Crippen LogP contribution in [0.5, 0.6) is 0 Å². The highest BCUT2D eigenvalue weighted by molar-refractivity contribution is 5.86. The molecule has 0 spiro atoms. The summed E-state index contributed by atoms with van der Waals surface area (Å²) in [4.78, 5) is 11.1. The number of aromatic nitrogens is 3. The van der Waals surface area contributed by atoms with Gasteiger partial charge in [0.25, 0.3) is 0 Å². The Labute approximate surface area is 99.3 Å². The molecule has 0 saturated heterocycles. The first-order chi connectivity index (χ1) is 8.15. The van der Waals surface area contributed by atoms with Gasteiger partial charge in [0.15, 0.2) is 5.69 Å². The number of aliphatic hydroxyl groups excluding tert-OH is 1. The topological polar surface area (TPSA) is 88.2 Å². The Morgan fingerprint density at radius 3 is 2.76 bits per heavy atom. The highest BCUT2D eigenvalue weighted by Gasteiger charge is 2.31. The summed E-state index contributed by atoms with van der Waals surface area (Å²) in [6.45, 7) is 1.98. The summed E-state index contributed by atoms with van der Waals surface area (Å²) < 4.78 is 1.67. The fourth-order valence-electron chi connectivity index (χ4n) is 2.15. The third-order valence-corrected chi connectivity index (χ3v) is 3.39. The molecular weight excluding hydrogens is 222 g/mol. The van der Waals surface area contributed by atoms with Gasteiger partial charge >= 0.3 is 5.97 Å². The van der Waals surface area contributed by atoms with Crippen molar-refractivity contribution < 1.29 is 15.0 Å². The summed E-state index contributed by atoms with van der Waals surface area (Å²) in [5, 5.41) is 25.7. The maximum Gasteiger partial charge on any atom is 0.358 e. The van der Waals surface area contributed by atoms with Crippen LogP contribution in [0.1, 0.15) is 60.7 Å². The molecule has 1 aromatic heterocycles. The number of rotatable bonds is 5. The van der Waals surface area contributed by atoms with Gasteiger partial charge in [-0.15, -0.1) is 5.10 Å². The highest BCUT2D eigenvalue weighted by Crippen LogP contribution is 2.38. The molecule has 1 aliphatic rings. The van der Waals surface area contributed by atoms with Crippen molar-refractivity contribution in [2.24, 2.45) is 0 Å². The first-order valence-electron chi connectivity index (χ1n) is 5.94. The number of aromatic carboxylic acids is 1. The number of hydrogen-bond acceptors (Lipinski definition) is 4. The Balaban J connectivity index is 2.34. The molecule has 94 valence electrons. The Bertz CT molecular complexity index is 412. The maximum absolute atomic E-state index is 11.1. The van der Waals surface area contributed by atoms with Crippen LogP contribution in [0.4, 0.5) is 0 Å². The van der Waals surface area contributed by atoms with Gasteiger partial charge < -0.3 is 10.2 Å². The van der Waals surface area contributed by atoms with E-state index in [-0.39, 0.29) is 24.3 Å². The third-order valence-electron chi connectivity index (χ3n) is 3.39. The van der Waals surface area contributed by atoms with Crippen molar-refractivity contribution in [2.45, 2.75) is 44.6 Å². The second-order valence-corrected chi connectivity index (χ2v) is 4.56. The Morgan fingerprint density at radius 2 is 2.29 bits per heavy atom. The van der Waals surface area contributed by atoms with E-state index in [2.05, 4.69) is 10.3 Å². The fourth-order valence-corrected chi connectivity index (χ4v) is 2.15. The van der Waals surface area contributed by atoms with Crippen LogP contribution < -0.4 is 0 Å². The molecule has 0 radical (unpaired) electrons. The van der Waals surface area contributed by atoms with Gasteiger partial charge in [-0.05, 0) is 26.2 Å². The van der Waals surface area contributed by atoms with E-state index < -0.39 is 5.97 Å². The van der Waals surface area contributed by atoms with E-state index in [4.69, 9.17) is 10.2 Å². The average molecular weight is 239 g/mol. The van der Waals surface area contributed by atoms with Gasteiger partial charge in [0.1, 0.15) is 0 Å². The quantitative estimate of drug-likeness (QED) is 0.805. The SMILES string of the molecule is CC(CCO)n1nnc(C(=O)O)c1C1CCC1. The summed E-state index contributed by atoms with van der Waals surface area (Å²) >= 11 is 0. The van der Waals surface area contributed by atoms with Crippen molar-refractivity contribution in [1.29, 1.82) is 0 Å². The zero-order chi connectivity index (χ0) is 12.4. The smallest absolute Gasteiger partial charge is 0.358 e. The van der Waals surface area contributed by atoms with Gasteiger partial charge in [0.2, 0.25) is 0 Å². The molecule has 2 rings (SSSR count). The van der Waals surface area contributed by atoms with Crippen LogP contribution in [0.25, 0.3) is 0 Å². The minimum atomic E-state index is -1.02. The van der Waals surface area contributed by atoms with E-state index in [0.717, 1.165) is 25.0 Å². The predicted octanol–water partition coefficient (Wildman–Crippen LogP) is 1.19. The van der Waals surface area contributed by atoms with Crippen molar-refractivity contribution in [3.05, 3.63) is 11.4 Å². The zero-order valence-electron chi connectivity index (χ0n) is 9.83. The standard InChI is InChI=1S/C11H17N3O3/c1-7(5-6-15)14-10(8-3-2-4-8)9(11(16)17)12-13-14/h7-8,15H,2-6H2,1H3,(H,16,17). The van der Waals surface area contributed by atoms with Crippen molar-refractivity contribution in [1.82, 2.24) is 15.0 Å². The van der Waals surface area contributed by atoms with E-state index in [9.17, 15) is 4.79 Å². The molecule has 6 nitrogen and oxygen atoms in total. The van der Waals surface area contributed by atoms with E-state index >= 15 is 0 Å². The van der Waals surface area contributed by atoms with Gasteiger partial charge in [-0.3, -0.25) is 0 Å². The summed E-state index contributed by atoms with van der Waals surface area (Å²) in [7, 11) is 0. The summed E-state index contributed by atoms with van der Waals surface area (Å²) in [6, 6.07) is -0.0174. The molecule has 0 amide bonds. The fraction of sp³-hybridized carbons (Fsp3) is 0.727. The molecular formula is C11H17N3O3. The minimum Gasteiger partial charge on any atom is -0.476 e. The van der Waals surface area contributed by atoms with Gasteiger partial charge in [0, 0.05) is 12.5 Å². The van der Waals surface area contributed by atoms with Crippen LogP contribution >= 0.6 is 0 Å². The van der Waals surface area contributed by atoms with Crippen LogP contribution in [0.3, 0.4) is 0 Å². The monoisotopic (exact) mass is 239 g/mol. The van der Waals surface area contributed by atoms with E-state index in [1.807, 2.05) is 6.92 Å². The molecule has 1 unspecified atom stereocenters. The first-order valence-corrected chi connectivity index (χ1v) is 5.94. The predicted molar refractivity (Wildman–Crippen MR) is 60.0 cm³/mol. The number of carboxylic acid groups (broad SMARTS) is 1. The molecule has 1 aliphatic carbocycles. The van der Waals surface area contributed by atoms with Gasteiger partial charge in [-0.25, -0.2) is 9.48 Å². The summed E-state index contributed by atoms with van der Waals surface area (Å²) in [5.41, 5.74) is 0.796. The number of carboxylic acids is 1. The molecule has 1 fully saturated rings. The van der Waals surface area contributed by atoms with Crippen molar-refractivity contribution >= 4 is 5.97 Å². The van der Waals surface area contributed by atoms with E-state index in [1.165, 1.54) is 0 Å². The number of carbonyl (C=O) groups is 1. The van der Waals surface area contributed by atoms with Crippen LogP contribution in [0, 0.1) is 0 Å². The molecule has 17 heavy (non-hydrogen) atoms. The third kappa shape index (κ3) is 2.17. The van der Waals surface area contributed by atoms with Crippen molar-refractivity contribution in [2.75, 3.05) is 6.61 Å². The lowest BCUT2D eigenvalue weighted by Gasteiger charge is -2.27. The molecule has 0 aliphatic heterocycles. The number of nitrogens with zero attached hydrogens (tertiary/aromatic N) is 3. The zero-order valence-corrected chi connectivity index (χ0v) is 9.83. The van der Waals surface area contributed by atoms with Crippen LogP contribution in [0.2, 0.25) is 0 Å². The Morgan fingerprint density at radius 1 is 1.59 bits per heavy atom. The molecule has 6 heteroatoms. The maximum atomic E-state index is 11.1.